The summed E-state index contributed by atoms with van der Waals surface area (Å²) in [6, 6.07) is 13.4. The van der Waals surface area contributed by atoms with E-state index >= 15 is 0 Å². The standard InChI is InChI=1S/C16H17FN2O/c1-2-19(11-12-6-5-7-13(18)10-12)16(20)14-8-3-4-9-15(14)17/h3-10H,2,11,18H2,1H3. The molecule has 0 aliphatic carbocycles. The van der Waals surface area contributed by atoms with E-state index in [2.05, 4.69) is 0 Å². The molecule has 0 aliphatic heterocycles. The second-order valence-electron chi connectivity index (χ2n) is 4.54. The van der Waals surface area contributed by atoms with Crippen LogP contribution in [0.5, 0.6) is 0 Å². The third-order valence-corrected chi connectivity index (χ3v) is 3.10. The van der Waals surface area contributed by atoms with Crippen LogP contribution in [-0.2, 0) is 6.54 Å². The Balaban J connectivity index is 2.20. The van der Waals surface area contributed by atoms with Crippen molar-refractivity contribution in [2.75, 3.05) is 12.3 Å². The molecule has 0 unspecified atom stereocenters. The van der Waals surface area contributed by atoms with Gasteiger partial charge in [0, 0.05) is 18.8 Å². The highest BCUT2D eigenvalue weighted by molar-refractivity contribution is 5.94. The lowest BCUT2D eigenvalue weighted by Gasteiger charge is -2.21. The molecule has 0 aromatic heterocycles. The van der Waals surface area contributed by atoms with Crippen molar-refractivity contribution in [1.82, 2.24) is 4.90 Å². The molecule has 4 heteroatoms. The smallest absolute Gasteiger partial charge is 0.257 e. The number of rotatable bonds is 4. The molecular weight excluding hydrogens is 255 g/mol. The van der Waals surface area contributed by atoms with Crippen molar-refractivity contribution in [1.29, 1.82) is 0 Å². The molecule has 0 heterocycles. The highest BCUT2D eigenvalue weighted by Gasteiger charge is 2.17. The second kappa shape index (κ2) is 6.19. The zero-order valence-corrected chi connectivity index (χ0v) is 11.3. The Kier molecular flexibility index (Phi) is 4.35. The number of nitrogen functional groups attached to an aromatic ring is 1. The minimum Gasteiger partial charge on any atom is -0.399 e. The van der Waals surface area contributed by atoms with E-state index in [-0.39, 0.29) is 11.5 Å². The summed E-state index contributed by atoms with van der Waals surface area (Å²) in [5.41, 5.74) is 7.40. The lowest BCUT2D eigenvalue weighted by molar-refractivity contribution is 0.0748. The van der Waals surface area contributed by atoms with Gasteiger partial charge in [-0.1, -0.05) is 24.3 Å². The van der Waals surface area contributed by atoms with Gasteiger partial charge in [-0.05, 0) is 36.8 Å². The van der Waals surface area contributed by atoms with Crippen LogP contribution in [0.4, 0.5) is 10.1 Å². The lowest BCUT2D eigenvalue weighted by Crippen LogP contribution is -2.31. The highest BCUT2D eigenvalue weighted by Crippen LogP contribution is 2.14. The first-order chi connectivity index (χ1) is 9.61. The van der Waals surface area contributed by atoms with Crippen LogP contribution in [-0.4, -0.2) is 17.4 Å². The molecule has 0 spiro atoms. The van der Waals surface area contributed by atoms with Gasteiger partial charge in [-0.2, -0.15) is 0 Å². The van der Waals surface area contributed by atoms with E-state index in [0.29, 0.717) is 18.8 Å². The van der Waals surface area contributed by atoms with Gasteiger partial charge in [0.1, 0.15) is 5.82 Å². The van der Waals surface area contributed by atoms with Gasteiger partial charge in [-0.3, -0.25) is 4.79 Å². The van der Waals surface area contributed by atoms with Gasteiger partial charge in [-0.25, -0.2) is 4.39 Å². The fourth-order valence-corrected chi connectivity index (χ4v) is 2.04. The first kappa shape index (κ1) is 14.1. The third-order valence-electron chi connectivity index (χ3n) is 3.10. The maximum Gasteiger partial charge on any atom is 0.257 e. The first-order valence-corrected chi connectivity index (χ1v) is 6.50. The Morgan fingerprint density at radius 1 is 1.20 bits per heavy atom. The number of benzene rings is 2. The fourth-order valence-electron chi connectivity index (χ4n) is 2.04. The van der Waals surface area contributed by atoms with Gasteiger partial charge in [0.2, 0.25) is 0 Å². The fraction of sp³-hybridized carbons (Fsp3) is 0.188. The van der Waals surface area contributed by atoms with Crippen LogP contribution in [0, 0.1) is 5.82 Å². The van der Waals surface area contributed by atoms with Crippen molar-refractivity contribution >= 4 is 11.6 Å². The summed E-state index contributed by atoms with van der Waals surface area (Å²) < 4.78 is 13.7. The van der Waals surface area contributed by atoms with Gasteiger partial charge in [0.25, 0.3) is 5.91 Å². The van der Waals surface area contributed by atoms with Crippen molar-refractivity contribution < 1.29 is 9.18 Å². The maximum absolute atomic E-state index is 13.7. The normalized spacial score (nSPS) is 10.3. The van der Waals surface area contributed by atoms with Crippen LogP contribution in [0.2, 0.25) is 0 Å². The zero-order valence-electron chi connectivity index (χ0n) is 11.3. The van der Waals surface area contributed by atoms with Gasteiger partial charge >= 0.3 is 0 Å². The SMILES string of the molecule is CCN(Cc1cccc(N)c1)C(=O)c1ccccc1F. The summed E-state index contributed by atoms with van der Waals surface area (Å²) in [5.74, 6) is -0.809. The molecule has 0 bridgehead atoms. The van der Waals surface area contributed by atoms with Crippen molar-refractivity contribution in [2.45, 2.75) is 13.5 Å². The topological polar surface area (TPSA) is 46.3 Å². The van der Waals surface area contributed by atoms with Crippen LogP contribution in [0.25, 0.3) is 0 Å². The Morgan fingerprint density at radius 3 is 2.60 bits per heavy atom. The van der Waals surface area contributed by atoms with E-state index in [1.165, 1.54) is 12.1 Å². The number of hydrogen-bond donors (Lipinski definition) is 1. The minimum absolute atomic E-state index is 0.0956. The summed E-state index contributed by atoms with van der Waals surface area (Å²) in [7, 11) is 0. The van der Waals surface area contributed by atoms with Gasteiger partial charge < -0.3 is 10.6 Å². The Labute approximate surface area is 117 Å². The second-order valence-corrected chi connectivity index (χ2v) is 4.54. The summed E-state index contributed by atoms with van der Waals surface area (Å²) >= 11 is 0. The quantitative estimate of drug-likeness (QED) is 0.869. The van der Waals surface area contributed by atoms with Gasteiger partial charge in [0.05, 0.1) is 5.56 Å². The summed E-state index contributed by atoms with van der Waals surface area (Å²) in [6.45, 7) is 2.78. The van der Waals surface area contributed by atoms with Crippen molar-refractivity contribution in [3.63, 3.8) is 0 Å². The lowest BCUT2D eigenvalue weighted by atomic mass is 10.1. The molecule has 0 fully saturated rings. The van der Waals surface area contributed by atoms with E-state index in [1.54, 1.807) is 23.1 Å². The van der Waals surface area contributed by atoms with Crippen molar-refractivity contribution in [3.8, 4) is 0 Å². The molecule has 0 aliphatic rings. The highest BCUT2D eigenvalue weighted by atomic mass is 19.1. The number of nitrogens with two attached hydrogens (primary N) is 1. The van der Waals surface area contributed by atoms with E-state index in [9.17, 15) is 9.18 Å². The minimum atomic E-state index is -0.497. The first-order valence-electron chi connectivity index (χ1n) is 6.50. The Hall–Kier alpha value is -2.36. The molecule has 104 valence electrons. The molecule has 2 aromatic rings. The van der Waals surface area contributed by atoms with Crippen LogP contribution in [0.3, 0.4) is 0 Å². The maximum atomic E-state index is 13.7. The van der Waals surface area contributed by atoms with Gasteiger partial charge in [-0.15, -0.1) is 0 Å². The molecule has 2 aromatic carbocycles. The predicted octanol–water partition coefficient (Wildman–Crippen LogP) is 3.07. The Morgan fingerprint density at radius 2 is 1.95 bits per heavy atom. The average molecular weight is 272 g/mol. The number of nitrogens with zero attached hydrogens (tertiary/aromatic N) is 1. The van der Waals surface area contributed by atoms with E-state index in [0.717, 1.165) is 5.56 Å². The molecule has 20 heavy (non-hydrogen) atoms. The summed E-state index contributed by atoms with van der Waals surface area (Å²) in [6.07, 6.45) is 0. The van der Waals surface area contributed by atoms with E-state index < -0.39 is 5.82 Å². The van der Waals surface area contributed by atoms with Crippen LogP contribution < -0.4 is 5.73 Å². The predicted molar refractivity (Wildman–Crippen MR) is 77.7 cm³/mol. The monoisotopic (exact) mass is 272 g/mol. The molecule has 0 radical (unpaired) electrons. The third kappa shape index (κ3) is 3.15. The molecule has 0 atom stereocenters. The molecule has 0 saturated carbocycles. The number of carbonyl (C=O) groups is 1. The van der Waals surface area contributed by atoms with Crippen LogP contribution in [0.1, 0.15) is 22.8 Å². The number of amides is 1. The van der Waals surface area contributed by atoms with Gasteiger partial charge in [0.15, 0.2) is 0 Å². The van der Waals surface area contributed by atoms with Crippen LogP contribution >= 0.6 is 0 Å². The average Bonchev–Trinajstić information content (AvgIpc) is 2.44. The molecule has 0 saturated heterocycles. The molecular formula is C16H17FN2O. The van der Waals surface area contributed by atoms with Crippen molar-refractivity contribution in [2.24, 2.45) is 0 Å². The number of anilines is 1. The van der Waals surface area contributed by atoms with E-state index in [1.807, 2.05) is 25.1 Å². The summed E-state index contributed by atoms with van der Waals surface area (Å²) in [5, 5.41) is 0. The van der Waals surface area contributed by atoms with Crippen LogP contribution in [0.15, 0.2) is 48.5 Å². The molecule has 3 nitrogen and oxygen atoms in total. The molecule has 1 amide bonds. The number of hydrogen-bond acceptors (Lipinski definition) is 2. The largest absolute Gasteiger partial charge is 0.399 e. The summed E-state index contributed by atoms with van der Waals surface area (Å²) in [4.78, 5) is 13.9. The zero-order chi connectivity index (χ0) is 14.5. The Bertz CT molecular complexity index is 613. The molecule has 2 rings (SSSR count). The van der Waals surface area contributed by atoms with E-state index in [4.69, 9.17) is 5.73 Å². The number of carbonyl (C=O) groups excluding carboxylic acids is 1. The van der Waals surface area contributed by atoms with Crippen molar-refractivity contribution in [3.05, 3.63) is 65.5 Å². The number of halogens is 1. The molecule has 2 N–H and O–H groups in total.